The molecule has 0 unspecified atom stereocenters. The number of rotatable bonds is 7. The van der Waals surface area contributed by atoms with E-state index in [2.05, 4.69) is 68.8 Å². The van der Waals surface area contributed by atoms with E-state index in [9.17, 15) is 9.59 Å². The number of nitrogens with zero attached hydrogens (tertiary/aromatic N) is 3. The number of hydrogen-bond donors (Lipinski definition) is 1. The number of urea groups is 1. The van der Waals surface area contributed by atoms with Gasteiger partial charge < -0.3 is 14.8 Å². The third-order valence-electron chi connectivity index (χ3n) is 6.22. The van der Waals surface area contributed by atoms with Crippen LogP contribution in [-0.2, 0) is 11.3 Å². The topological polar surface area (TPSA) is 57.6 Å². The molecular weight excluding hydrogens is 492 g/mol. The number of aryl methyl sites for hydroxylation is 1. The number of halogens is 1. The number of imide groups is 1. The van der Waals surface area contributed by atoms with E-state index >= 15 is 0 Å². The third kappa shape index (κ3) is 4.66. The molecule has 4 rings (SSSR count). The molecule has 1 aromatic heterocycles. The molecule has 2 heterocycles. The first-order valence-corrected chi connectivity index (χ1v) is 12.2. The quantitative estimate of drug-likeness (QED) is 0.316. The number of aromatic nitrogens is 1. The van der Waals surface area contributed by atoms with E-state index < -0.39 is 6.03 Å². The summed E-state index contributed by atoms with van der Waals surface area (Å²) in [4.78, 5) is 29.0. The van der Waals surface area contributed by atoms with Gasteiger partial charge >= 0.3 is 6.03 Å². The van der Waals surface area contributed by atoms with Crippen molar-refractivity contribution in [3.8, 4) is 5.69 Å². The van der Waals surface area contributed by atoms with Gasteiger partial charge in [-0.1, -0.05) is 28.1 Å². The summed E-state index contributed by atoms with van der Waals surface area (Å²) in [5.41, 5.74) is 6.41. The van der Waals surface area contributed by atoms with Crippen LogP contribution in [0.2, 0.25) is 0 Å². The van der Waals surface area contributed by atoms with Crippen molar-refractivity contribution in [2.45, 2.75) is 34.2 Å². The summed E-state index contributed by atoms with van der Waals surface area (Å²) in [7, 11) is 0. The van der Waals surface area contributed by atoms with Crippen LogP contribution in [0, 0.1) is 13.8 Å². The molecule has 0 bridgehead atoms. The number of anilines is 1. The van der Waals surface area contributed by atoms with Crippen LogP contribution in [0.1, 0.15) is 36.4 Å². The van der Waals surface area contributed by atoms with Gasteiger partial charge in [0, 0.05) is 40.3 Å². The molecule has 7 heteroatoms. The lowest BCUT2D eigenvalue weighted by Gasteiger charge is -2.21. The van der Waals surface area contributed by atoms with Gasteiger partial charge in [0.15, 0.2) is 0 Å². The first-order valence-electron chi connectivity index (χ1n) is 11.5. The molecular formula is C27H29BrN4O2. The molecule has 0 atom stereocenters. The largest absolute Gasteiger partial charge is 0.372 e. The van der Waals surface area contributed by atoms with Crippen LogP contribution in [0.25, 0.3) is 11.8 Å². The molecule has 3 aromatic rings. The Hall–Kier alpha value is -3.32. The second-order valence-electron chi connectivity index (χ2n) is 8.36. The number of benzene rings is 2. The molecule has 0 radical (unpaired) electrons. The number of carbonyl (C=O) groups excluding carboxylic acids is 2. The number of nitrogens with one attached hydrogen (secondary N) is 1. The van der Waals surface area contributed by atoms with Crippen LogP contribution in [0.3, 0.4) is 0 Å². The Balaban J connectivity index is 1.58. The van der Waals surface area contributed by atoms with E-state index in [1.807, 2.05) is 44.2 Å². The van der Waals surface area contributed by atoms with Crippen LogP contribution in [0.15, 0.2) is 64.8 Å². The summed E-state index contributed by atoms with van der Waals surface area (Å²) in [5, 5.41) is 2.74. The van der Waals surface area contributed by atoms with Crippen LogP contribution < -0.4 is 10.2 Å². The second kappa shape index (κ2) is 9.89. The van der Waals surface area contributed by atoms with Crippen LogP contribution in [-0.4, -0.2) is 34.5 Å². The van der Waals surface area contributed by atoms with E-state index in [0.717, 1.165) is 45.8 Å². The Morgan fingerprint density at radius 1 is 0.971 bits per heavy atom. The summed E-state index contributed by atoms with van der Waals surface area (Å²) in [6.45, 7) is 10.5. The lowest BCUT2D eigenvalue weighted by Crippen LogP contribution is -2.30. The second-order valence-corrected chi connectivity index (χ2v) is 9.27. The molecule has 1 saturated heterocycles. The predicted octanol–water partition coefficient (Wildman–Crippen LogP) is 5.80. The first kappa shape index (κ1) is 23.8. The van der Waals surface area contributed by atoms with Crippen molar-refractivity contribution >= 4 is 39.6 Å². The summed E-state index contributed by atoms with van der Waals surface area (Å²) in [6, 6.07) is 17.7. The fraction of sp³-hybridized carbons (Fsp3) is 0.259. The molecule has 6 nitrogen and oxygen atoms in total. The minimum Gasteiger partial charge on any atom is -0.372 e. The van der Waals surface area contributed by atoms with Crippen molar-refractivity contribution < 1.29 is 9.59 Å². The maximum absolute atomic E-state index is 13.0. The molecule has 0 spiro atoms. The standard InChI is InChI=1S/C27H29BrN4O2/c1-5-30(6-2)23-11-13-24(14-12-23)32-18(3)15-21(19(32)4)16-25-26(33)31(27(34)29-25)17-20-7-9-22(28)10-8-20/h7-16H,5-6,17H2,1-4H3,(H,29,34)/b25-16+. The maximum atomic E-state index is 13.0. The summed E-state index contributed by atoms with van der Waals surface area (Å²) in [5.74, 6) is -0.318. The smallest absolute Gasteiger partial charge is 0.329 e. The normalized spacial score (nSPS) is 14.7. The zero-order valence-electron chi connectivity index (χ0n) is 19.9. The fourth-order valence-corrected chi connectivity index (χ4v) is 4.64. The summed E-state index contributed by atoms with van der Waals surface area (Å²) >= 11 is 3.40. The van der Waals surface area contributed by atoms with Crippen LogP contribution in [0.4, 0.5) is 10.5 Å². The van der Waals surface area contributed by atoms with Crippen molar-refractivity contribution in [3.63, 3.8) is 0 Å². The van der Waals surface area contributed by atoms with Crippen LogP contribution >= 0.6 is 15.9 Å². The Kier molecular flexibility index (Phi) is 6.93. The third-order valence-corrected chi connectivity index (χ3v) is 6.75. The lowest BCUT2D eigenvalue weighted by atomic mass is 10.2. The maximum Gasteiger partial charge on any atom is 0.329 e. The number of carbonyl (C=O) groups is 2. The highest BCUT2D eigenvalue weighted by atomic mass is 79.9. The van der Waals surface area contributed by atoms with E-state index in [0.29, 0.717) is 5.70 Å². The van der Waals surface area contributed by atoms with Crippen molar-refractivity contribution in [1.82, 2.24) is 14.8 Å². The summed E-state index contributed by atoms with van der Waals surface area (Å²) in [6.07, 6.45) is 1.77. The minimum atomic E-state index is -0.403. The van der Waals surface area contributed by atoms with Gasteiger partial charge in [0.05, 0.1) is 6.54 Å². The van der Waals surface area contributed by atoms with Gasteiger partial charge in [0.25, 0.3) is 5.91 Å². The first-order chi connectivity index (χ1) is 16.3. The van der Waals surface area contributed by atoms with Crippen molar-refractivity contribution in [2.24, 2.45) is 0 Å². The Labute approximate surface area is 209 Å². The molecule has 0 saturated carbocycles. The van der Waals surface area contributed by atoms with Gasteiger partial charge in [0.2, 0.25) is 0 Å². The van der Waals surface area contributed by atoms with Crippen LogP contribution in [0.5, 0.6) is 0 Å². The van der Waals surface area contributed by atoms with Gasteiger partial charge in [-0.25, -0.2) is 4.79 Å². The zero-order valence-corrected chi connectivity index (χ0v) is 21.5. The van der Waals surface area contributed by atoms with Gasteiger partial charge in [-0.3, -0.25) is 9.69 Å². The van der Waals surface area contributed by atoms with E-state index in [-0.39, 0.29) is 12.5 Å². The molecule has 2 aromatic carbocycles. The zero-order chi connectivity index (χ0) is 24.4. The minimum absolute atomic E-state index is 0.229. The van der Waals surface area contributed by atoms with E-state index in [4.69, 9.17) is 0 Å². The molecule has 1 aliphatic rings. The Morgan fingerprint density at radius 3 is 2.24 bits per heavy atom. The summed E-state index contributed by atoms with van der Waals surface area (Å²) < 4.78 is 3.12. The molecule has 176 valence electrons. The average molecular weight is 521 g/mol. The molecule has 34 heavy (non-hydrogen) atoms. The lowest BCUT2D eigenvalue weighted by molar-refractivity contribution is -0.123. The van der Waals surface area contributed by atoms with Crippen molar-refractivity contribution in [2.75, 3.05) is 18.0 Å². The van der Waals surface area contributed by atoms with Gasteiger partial charge in [-0.2, -0.15) is 0 Å². The molecule has 3 amide bonds. The molecule has 0 aliphatic carbocycles. The fourth-order valence-electron chi connectivity index (χ4n) is 4.38. The SMILES string of the molecule is CCN(CC)c1ccc(-n2c(C)cc(/C=C3/NC(=O)N(Cc4ccc(Br)cc4)C3=O)c2C)cc1. The Bertz CT molecular complexity index is 1240. The van der Waals surface area contributed by atoms with E-state index in [1.54, 1.807) is 6.08 Å². The monoisotopic (exact) mass is 520 g/mol. The highest BCUT2D eigenvalue weighted by Crippen LogP contribution is 2.26. The van der Waals surface area contributed by atoms with Gasteiger partial charge in [-0.05, 0) is 87.4 Å². The molecule has 1 N–H and O–H groups in total. The average Bonchev–Trinajstić information content (AvgIpc) is 3.25. The highest BCUT2D eigenvalue weighted by Gasteiger charge is 2.33. The van der Waals surface area contributed by atoms with Gasteiger partial charge in [0.1, 0.15) is 5.70 Å². The predicted molar refractivity (Wildman–Crippen MR) is 140 cm³/mol. The van der Waals surface area contributed by atoms with E-state index in [1.165, 1.54) is 10.6 Å². The molecule has 1 fully saturated rings. The number of hydrogen-bond acceptors (Lipinski definition) is 3. The van der Waals surface area contributed by atoms with Crippen molar-refractivity contribution in [3.05, 3.63) is 87.3 Å². The van der Waals surface area contributed by atoms with Gasteiger partial charge in [-0.15, -0.1) is 0 Å². The highest BCUT2D eigenvalue weighted by molar-refractivity contribution is 9.10. The van der Waals surface area contributed by atoms with Crippen molar-refractivity contribution in [1.29, 1.82) is 0 Å². The number of amides is 3. The Morgan fingerprint density at radius 2 is 1.62 bits per heavy atom. The molecule has 1 aliphatic heterocycles.